The minimum atomic E-state index is -2.81. The van der Waals surface area contributed by atoms with E-state index in [9.17, 15) is 24.7 Å². The van der Waals surface area contributed by atoms with Crippen LogP contribution >= 0.6 is 17.2 Å². The van der Waals surface area contributed by atoms with Crippen molar-refractivity contribution < 1.29 is 38.5 Å². The first-order chi connectivity index (χ1) is 20.3. The molecule has 256 valence electrons. The molecular formula is C35H58O8P2. The Hall–Kier alpha value is -1.18. The molecule has 2 aromatic rings. The molecule has 5 N–H and O–H groups in total. The van der Waals surface area contributed by atoms with Crippen LogP contribution in [-0.4, -0.2) is 44.5 Å². The lowest BCUT2D eigenvalue weighted by molar-refractivity contribution is -0.0674. The molecule has 0 heterocycles. The van der Waals surface area contributed by atoms with Crippen molar-refractivity contribution in [2.75, 3.05) is 19.8 Å². The van der Waals surface area contributed by atoms with E-state index in [1.165, 1.54) is 0 Å². The van der Waals surface area contributed by atoms with Crippen LogP contribution in [0.2, 0.25) is 0 Å². The van der Waals surface area contributed by atoms with Gasteiger partial charge in [0, 0.05) is 11.1 Å². The zero-order valence-corrected chi connectivity index (χ0v) is 31.7. The Morgan fingerprint density at radius 3 is 1.36 bits per heavy atom. The summed E-state index contributed by atoms with van der Waals surface area (Å²) in [4.78, 5) is 39.7. The molecule has 0 radical (unpaired) electrons. The van der Waals surface area contributed by atoms with Crippen molar-refractivity contribution >= 4 is 17.2 Å². The quantitative estimate of drug-likeness (QED) is 0.152. The molecule has 0 spiro atoms. The first kappa shape index (κ1) is 40.0. The highest BCUT2D eigenvalue weighted by atomic mass is 31.2. The monoisotopic (exact) mass is 668 g/mol. The second kappa shape index (κ2) is 14.5. The van der Waals surface area contributed by atoms with Crippen molar-refractivity contribution in [3.8, 4) is 5.75 Å². The number of aliphatic hydroxyl groups excluding tert-OH is 1. The number of hydrogen-bond acceptors (Lipinski definition) is 8. The van der Waals surface area contributed by atoms with Crippen molar-refractivity contribution in [3.63, 3.8) is 0 Å². The number of benzene rings is 2. The van der Waals surface area contributed by atoms with Crippen LogP contribution in [-0.2, 0) is 30.7 Å². The van der Waals surface area contributed by atoms with Gasteiger partial charge in [0.1, 0.15) is 11.9 Å². The van der Waals surface area contributed by atoms with Crippen molar-refractivity contribution in [3.05, 3.63) is 63.2 Å². The minimum absolute atomic E-state index is 0.330. The lowest BCUT2D eigenvalue weighted by atomic mass is 9.68. The summed E-state index contributed by atoms with van der Waals surface area (Å²) in [6.07, 6.45) is -0.986. The van der Waals surface area contributed by atoms with Crippen molar-refractivity contribution in [2.45, 2.75) is 125 Å². The number of hydrogen-bond donors (Lipinski definition) is 5. The Kier molecular flexibility index (Phi) is 12.9. The van der Waals surface area contributed by atoms with Crippen LogP contribution in [0.5, 0.6) is 5.75 Å². The second-order valence-corrected chi connectivity index (χ2v) is 18.0. The predicted molar refractivity (Wildman–Crippen MR) is 185 cm³/mol. The van der Waals surface area contributed by atoms with Crippen molar-refractivity contribution in [1.82, 2.24) is 0 Å². The van der Waals surface area contributed by atoms with E-state index < -0.39 is 48.5 Å². The molecule has 45 heavy (non-hydrogen) atoms. The lowest BCUT2D eigenvalue weighted by Gasteiger charge is -2.45. The molecular weight excluding hydrogens is 610 g/mol. The maximum absolute atomic E-state index is 11.3. The van der Waals surface area contributed by atoms with E-state index in [2.05, 4.69) is 121 Å². The fraction of sp³-hybridized carbons (Fsp3) is 0.657. The molecule has 0 saturated heterocycles. The number of aryl methyl sites for hydroxylation is 2. The van der Waals surface area contributed by atoms with Gasteiger partial charge in [-0.05, 0) is 63.3 Å². The van der Waals surface area contributed by atoms with Gasteiger partial charge in [-0.1, -0.05) is 107 Å². The maximum atomic E-state index is 11.3. The summed E-state index contributed by atoms with van der Waals surface area (Å²) in [5.74, 6) is 0.671. The number of rotatable bonds is 11. The minimum Gasteiger partial charge on any atom is -0.484 e. The number of ether oxygens (including phenoxy) is 1. The van der Waals surface area contributed by atoms with E-state index in [0.717, 1.165) is 38.9 Å². The molecule has 0 aromatic heterocycles. The molecule has 0 bridgehead atoms. The van der Waals surface area contributed by atoms with E-state index in [1.807, 2.05) is 0 Å². The Balaban J connectivity index is 3.30. The Morgan fingerprint density at radius 1 is 0.600 bits per heavy atom. The normalized spacial score (nSPS) is 14.4. The first-order valence-electron chi connectivity index (χ1n) is 15.5. The Morgan fingerprint density at radius 2 is 1.00 bits per heavy atom. The molecule has 0 aliphatic carbocycles. The van der Waals surface area contributed by atoms with Gasteiger partial charge in [-0.2, -0.15) is 0 Å². The summed E-state index contributed by atoms with van der Waals surface area (Å²) >= 11 is 0. The van der Waals surface area contributed by atoms with E-state index in [0.29, 0.717) is 5.75 Å². The average Bonchev–Trinajstić information content (AvgIpc) is 2.84. The molecule has 1 atom stereocenters. The maximum Gasteiger partial charge on any atom is 0.327 e. The summed E-state index contributed by atoms with van der Waals surface area (Å²) in [5, 5.41) is 11.3. The summed E-state index contributed by atoms with van der Waals surface area (Å²) in [5.41, 5.74) is 3.97. The zero-order valence-electron chi connectivity index (χ0n) is 29.9. The van der Waals surface area contributed by atoms with Crippen LogP contribution in [0.1, 0.15) is 128 Å². The van der Waals surface area contributed by atoms with Gasteiger partial charge in [-0.3, -0.25) is 0 Å². The fourth-order valence-corrected chi connectivity index (χ4v) is 7.07. The molecule has 0 amide bonds. The van der Waals surface area contributed by atoms with Gasteiger partial charge >= 0.3 is 17.2 Å². The van der Waals surface area contributed by atoms with Crippen LogP contribution in [0.15, 0.2) is 24.3 Å². The molecule has 2 rings (SSSR count). The third-order valence-electron chi connectivity index (χ3n) is 8.24. The Labute approximate surface area is 274 Å². The van der Waals surface area contributed by atoms with E-state index in [4.69, 9.17) is 13.8 Å². The smallest absolute Gasteiger partial charge is 0.327 e. The molecule has 0 aliphatic rings. The van der Waals surface area contributed by atoms with Crippen molar-refractivity contribution in [1.29, 1.82) is 0 Å². The lowest BCUT2D eigenvalue weighted by Crippen LogP contribution is -2.46. The van der Waals surface area contributed by atoms with Gasteiger partial charge in [0.25, 0.3) is 0 Å². The highest BCUT2D eigenvalue weighted by Crippen LogP contribution is 2.52. The first-order valence-corrected chi connectivity index (χ1v) is 17.8. The summed E-state index contributed by atoms with van der Waals surface area (Å²) in [7, 11) is -5.63. The molecule has 1 unspecified atom stereocenters. The summed E-state index contributed by atoms with van der Waals surface area (Å²) in [6, 6.07) is 8.38. The fourth-order valence-electron chi connectivity index (χ4n) is 6.32. The van der Waals surface area contributed by atoms with Gasteiger partial charge in [-0.15, -0.1) is 0 Å². The summed E-state index contributed by atoms with van der Waals surface area (Å²) < 4.78 is 18.4. The van der Waals surface area contributed by atoms with Gasteiger partial charge in [0.15, 0.2) is 0 Å². The van der Waals surface area contributed by atoms with Crippen LogP contribution < -0.4 is 4.74 Å². The molecule has 2 aromatic carbocycles. The van der Waals surface area contributed by atoms with Crippen LogP contribution in [0.25, 0.3) is 0 Å². The molecule has 0 fully saturated rings. The van der Waals surface area contributed by atoms with Gasteiger partial charge in [0.2, 0.25) is 0 Å². The zero-order chi connectivity index (χ0) is 34.9. The Bertz CT molecular complexity index is 1280. The van der Waals surface area contributed by atoms with Crippen LogP contribution in [0.3, 0.4) is 0 Å². The second-order valence-electron chi connectivity index (χ2n) is 16.4. The highest BCUT2D eigenvalue weighted by Gasteiger charge is 2.48. The third kappa shape index (κ3) is 9.69. The molecule has 8 nitrogen and oxygen atoms in total. The summed E-state index contributed by atoms with van der Waals surface area (Å²) in [6.45, 7) is 28.3. The van der Waals surface area contributed by atoms with Crippen LogP contribution in [0, 0.1) is 19.3 Å². The molecule has 0 aliphatic heterocycles. The topological polar surface area (TPSA) is 129 Å². The van der Waals surface area contributed by atoms with Gasteiger partial charge < -0.3 is 38.5 Å². The SMILES string of the molecule is Cc1ccc(C(C)(C)C)c(OC(c2c(C(C)(C)C)ccc(C)c2C(C)(C)C)C(CO)(COP(O)O)COP(O)O)c1C(C)(C)C. The van der Waals surface area contributed by atoms with Gasteiger partial charge in [-0.25, -0.2) is 0 Å². The van der Waals surface area contributed by atoms with Crippen LogP contribution in [0.4, 0.5) is 0 Å². The highest BCUT2D eigenvalue weighted by molar-refractivity contribution is 7.39. The van der Waals surface area contributed by atoms with E-state index in [-0.39, 0.29) is 21.7 Å². The molecule has 0 saturated carbocycles. The third-order valence-corrected chi connectivity index (χ3v) is 8.96. The average molecular weight is 669 g/mol. The van der Waals surface area contributed by atoms with Crippen molar-refractivity contribution in [2.24, 2.45) is 5.41 Å². The molecule has 10 heteroatoms. The van der Waals surface area contributed by atoms with E-state index >= 15 is 0 Å². The van der Waals surface area contributed by atoms with Gasteiger partial charge in [0.05, 0.1) is 25.2 Å². The standard InChI is InChI=1S/C35H58O8P2/c1-22-15-17-24(31(3,4)5)26(27(22)33(9,10)11)30(35(19-36,20-41-44(37)38)21-42-45(39)40)43-29-25(32(6,7)8)18-16-23(2)28(29)34(12,13)14/h15-18,30,36-40H,19-21H2,1-14H3. The number of aliphatic hydroxyl groups is 1. The largest absolute Gasteiger partial charge is 0.484 e. The van der Waals surface area contributed by atoms with E-state index in [1.54, 1.807) is 0 Å². The predicted octanol–water partition coefficient (Wildman–Crippen LogP) is 8.05.